The van der Waals surface area contributed by atoms with Crippen LogP contribution in [0.1, 0.15) is 52.1 Å². The molecule has 0 aliphatic carbocycles. The van der Waals surface area contributed by atoms with E-state index in [4.69, 9.17) is 4.74 Å². The first-order valence-electron chi connectivity index (χ1n) is 9.42. The van der Waals surface area contributed by atoms with E-state index in [0.29, 0.717) is 11.1 Å². The van der Waals surface area contributed by atoms with Crippen LogP contribution in [0.2, 0.25) is 0 Å². The molecule has 150 valence electrons. The van der Waals surface area contributed by atoms with Crippen molar-refractivity contribution >= 4 is 23.7 Å². The van der Waals surface area contributed by atoms with E-state index in [1.807, 2.05) is 37.3 Å². The summed E-state index contributed by atoms with van der Waals surface area (Å²) in [5.41, 5.74) is 1.71. The van der Waals surface area contributed by atoms with Crippen LogP contribution in [0.15, 0.2) is 54.6 Å². The lowest BCUT2D eigenvalue weighted by Crippen LogP contribution is -2.32. The quantitative estimate of drug-likeness (QED) is 0.548. The third-order valence-electron chi connectivity index (χ3n) is 4.68. The third kappa shape index (κ3) is 4.87. The average Bonchev–Trinajstić information content (AvgIpc) is 2.98. The Labute approximate surface area is 168 Å². The number of nitrogens with zero attached hydrogens (tertiary/aromatic N) is 1. The van der Waals surface area contributed by atoms with E-state index in [1.54, 1.807) is 24.3 Å². The second-order valence-electron chi connectivity index (χ2n) is 6.77. The summed E-state index contributed by atoms with van der Waals surface area (Å²) in [5, 5.41) is 2.76. The number of benzene rings is 2. The Balaban J connectivity index is 1.38. The molecule has 2 aromatic carbocycles. The molecule has 29 heavy (non-hydrogen) atoms. The number of hydrogen-bond donors (Lipinski definition) is 1. The summed E-state index contributed by atoms with van der Waals surface area (Å²) in [6.45, 7) is 1.60. The molecule has 1 aliphatic rings. The fourth-order valence-electron chi connectivity index (χ4n) is 3.15. The Bertz CT molecular complexity index is 891. The van der Waals surface area contributed by atoms with Gasteiger partial charge in [0.2, 0.25) is 0 Å². The molecule has 0 aromatic heterocycles. The Hall–Kier alpha value is -3.48. The third-order valence-corrected chi connectivity index (χ3v) is 4.68. The van der Waals surface area contributed by atoms with Crippen molar-refractivity contribution in [3.05, 3.63) is 71.3 Å². The standard InChI is InChI=1S/C22H22N2O5/c1-15(16-8-3-2-4-9-16)23-19(25)14-29-20(26)12-7-13-24-21(27)17-10-5-6-11-18(17)22(24)28/h2-6,8-11,15H,7,12-14H2,1H3,(H,23,25)/t15-/m0/s1. The Morgan fingerprint density at radius 2 is 1.55 bits per heavy atom. The molecule has 3 rings (SSSR count). The maximum atomic E-state index is 12.3. The predicted molar refractivity (Wildman–Crippen MR) is 105 cm³/mol. The number of carbonyl (C=O) groups is 4. The fourth-order valence-corrected chi connectivity index (χ4v) is 3.15. The minimum Gasteiger partial charge on any atom is -0.456 e. The van der Waals surface area contributed by atoms with E-state index in [2.05, 4.69) is 5.32 Å². The minimum atomic E-state index is -0.552. The second kappa shape index (κ2) is 9.14. The first-order chi connectivity index (χ1) is 14.0. The number of amides is 3. The summed E-state index contributed by atoms with van der Waals surface area (Å²) in [7, 11) is 0. The van der Waals surface area contributed by atoms with Crippen molar-refractivity contribution in [2.75, 3.05) is 13.2 Å². The maximum absolute atomic E-state index is 12.3. The molecule has 7 heteroatoms. The highest BCUT2D eigenvalue weighted by atomic mass is 16.5. The number of rotatable bonds is 8. The molecule has 1 heterocycles. The highest BCUT2D eigenvalue weighted by Crippen LogP contribution is 2.22. The molecule has 1 N–H and O–H groups in total. The van der Waals surface area contributed by atoms with Crippen LogP contribution in [0.25, 0.3) is 0 Å². The van der Waals surface area contributed by atoms with Crippen molar-refractivity contribution in [3.63, 3.8) is 0 Å². The van der Waals surface area contributed by atoms with Gasteiger partial charge in [-0.1, -0.05) is 42.5 Å². The van der Waals surface area contributed by atoms with Crippen LogP contribution >= 0.6 is 0 Å². The van der Waals surface area contributed by atoms with Crippen LogP contribution in [0, 0.1) is 0 Å². The van der Waals surface area contributed by atoms with E-state index in [1.165, 1.54) is 0 Å². The molecule has 3 amide bonds. The zero-order chi connectivity index (χ0) is 20.8. The van der Waals surface area contributed by atoms with Crippen LogP contribution in [-0.4, -0.2) is 41.7 Å². The van der Waals surface area contributed by atoms with Crippen molar-refractivity contribution in [1.29, 1.82) is 0 Å². The van der Waals surface area contributed by atoms with Crippen LogP contribution < -0.4 is 5.32 Å². The summed E-state index contributed by atoms with van der Waals surface area (Å²) >= 11 is 0. The van der Waals surface area contributed by atoms with Gasteiger partial charge in [-0.05, 0) is 31.0 Å². The molecule has 0 unspecified atom stereocenters. The minimum absolute atomic E-state index is 0.00885. The van der Waals surface area contributed by atoms with Crippen LogP contribution in [-0.2, 0) is 14.3 Å². The van der Waals surface area contributed by atoms with Gasteiger partial charge in [-0.25, -0.2) is 0 Å². The number of carbonyl (C=O) groups excluding carboxylic acids is 4. The van der Waals surface area contributed by atoms with Gasteiger partial charge in [0.05, 0.1) is 17.2 Å². The Kier molecular flexibility index (Phi) is 6.39. The lowest BCUT2D eigenvalue weighted by molar-refractivity contribution is -0.148. The molecular weight excluding hydrogens is 372 g/mol. The largest absolute Gasteiger partial charge is 0.456 e. The monoisotopic (exact) mass is 394 g/mol. The van der Waals surface area contributed by atoms with Crippen molar-refractivity contribution < 1.29 is 23.9 Å². The lowest BCUT2D eigenvalue weighted by atomic mass is 10.1. The molecule has 0 radical (unpaired) electrons. The summed E-state index contributed by atoms with van der Waals surface area (Å²) in [5.74, 6) is -1.65. The number of nitrogens with one attached hydrogen (secondary N) is 1. The molecular formula is C22H22N2O5. The maximum Gasteiger partial charge on any atom is 0.306 e. The average molecular weight is 394 g/mol. The summed E-state index contributed by atoms with van der Waals surface area (Å²) in [6, 6.07) is 15.9. The molecule has 0 fully saturated rings. The van der Waals surface area contributed by atoms with Crippen molar-refractivity contribution in [2.45, 2.75) is 25.8 Å². The van der Waals surface area contributed by atoms with Gasteiger partial charge in [0.1, 0.15) is 0 Å². The molecule has 7 nitrogen and oxygen atoms in total. The van der Waals surface area contributed by atoms with Crippen LogP contribution in [0.4, 0.5) is 0 Å². The SMILES string of the molecule is C[C@H](NC(=O)COC(=O)CCCN1C(=O)c2ccccc2C1=O)c1ccccc1. The van der Waals surface area contributed by atoms with Gasteiger partial charge in [0, 0.05) is 13.0 Å². The Morgan fingerprint density at radius 3 is 2.17 bits per heavy atom. The lowest BCUT2D eigenvalue weighted by Gasteiger charge is -2.15. The van der Waals surface area contributed by atoms with E-state index >= 15 is 0 Å². The number of imide groups is 1. The zero-order valence-corrected chi connectivity index (χ0v) is 16.1. The number of esters is 1. The predicted octanol–water partition coefficient (Wildman–Crippen LogP) is 2.48. The topological polar surface area (TPSA) is 92.8 Å². The molecule has 2 aromatic rings. The Morgan fingerprint density at radius 1 is 0.966 bits per heavy atom. The van der Waals surface area contributed by atoms with Gasteiger partial charge >= 0.3 is 5.97 Å². The molecule has 0 saturated heterocycles. The van der Waals surface area contributed by atoms with Crippen molar-refractivity contribution in [2.24, 2.45) is 0 Å². The highest BCUT2D eigenvalue weighted by molar-refractivity contribution is 6.21. The molecule has 0 saturated carbocycles. The molecule has 0 bridgehead atoms. The van der Waals surface area contributed by atoms with Gasteiger partial charge in [-0.3, -0.25) is 24.1 Å². The smallest absolute Gasteiger partial charge is 0.306 e. The van der Waals surface area contributed by atoms with Crippen LogP contribution in [0.5, 0.6) is 0 Å². The van der Waals surface area contributed by atoms with Gasteiger partial charge in [-0.2, -0.15) is 0 Å². The van der Waals surface area contributed by atoms with E-state index in [9.17, 15) is 19.2 Å². The molecule has 0 spiro atoms. The summed E-state index contributed by atoms with van der Waals surface area (Å²) < 4.78 is 4.98. The van der Waals surface area contributed by atoms with E-state index in [0.717, 1.165) is 10.5 Å². The van der Waals surface area contributed by atoms with E-state index < -0.39 is 11.9 Å². The number of ether oxygens (including phenoxy) is 1. The van der Waals surface area contributed by atoms with Gasteiger partial charge in [-0.15, -0.1) is 0 Å². The van der Waals surface area contributed by atoms with Gasteiger partial charge in [0.15, 0.2) is 6.61 Å². The van der Waals surface area contributed by atoms with Gasteiger partial charge < -0.3 is 10.1 Å². The number of fused-ring (bicyclic) bond motifs is 1. The molecule has 1 aliphatic heterocycles. The van der Waals surface area contributed by atoms with Gasteiger partial charge in [0.25, 0.3) is 17.7 Å². The summed E-state index contributed by atoms with van der Waals surface area (Å²) in [6.07, 6.45) is 0.279. The highest BCUT2D eigenvalue weighted by Gasteiger charge is 2.34. The van der Waals surface area contributed by atoms with E-state index in [-0.39, 0.29) is 43.8 Å². The fraction of sp³-hybridized carbons (Fsp3) is 0.273. The first-order valence-corrected chi connectivity index (χ1v) is 9.42. The summed E-state index contributed by atoms with van der Waals surface area (Å²) in [4.78, 5) is 49.4. The number of hydrogen-bond acceptors (Lipinski definition) is 5. The van der Waals surface area contributed by atoms with Crippen LogP contribution in [0.3, 0.4) is 0 Å². The normalized spacial score (nSPS) is 13.8. The van der Waals surface area contributed by atoms with Crippen molar-refractivity contribution in [1.82, 2.24) is 10.2 Å². The second-order valence-corrected chi connectivity index (χ2v) is 6.77. The van der Waals surface area contributed by atoms with Crippen molar-refractivity contribution in [3.8, 4) is 0 Å². The molecule has 1 atom stereocenters. The zero-order valence-electron chi connectivity index (χ0n) is 16.1. The first kappa shape index (κ1) is 20.3.